The number of esters is 1. The van der Waals surface area contributed by atoms with Gasteiger partial charge in [0.05, 0.1) is 13.0 Å². The summed E-state index contributed by atoms with van der Waals surface area (Å²) in [4.78, 5) is 25.7. The third-order valence-electron chi connectivity index (χ3n) is 1.32. The van der Waals surface area contributed by atoms with Crippen LogP contribution >= 0.6 is 12.2 Å². The number of ether oxygens (including phenoxy) is 1. The smallest absolute Gasteiger partial charge is 0.353 e. The molecule has 1 aliphatic heterocycles. The number of nitrogens with one attached hydrogen (secondary N) is 1. The number of carbonyl (C=O) groups excluding carboxylic acids is 2. The van der Waals surface area contributed by atoms with Crippen LogP contribution in [-0.4, -0.2) is 29.3 Å². The second-order valence-electron chi connectivity index (χ2n) is 2.31. The van der Waals surface area contributed by atoms with Gasteiger partial charge < -0.3 is 10.1 Å². The van der Waals surface area contributed by atoms with Gasteiger partial charge in [-0.25, -0.2) is 9.79 Å². The van der Waals surface area contributed by atoms with Gasteiger partial charge in [-0.05, 0) is 19.1 Å². The number of nitrogens with zero attached hydrogens (tertiary/aromatic N) is 1. The monoisotopic (exact) mass is 200 g/mol. The molecule has 1 N–H and O–H groups in total. The van der Waals surface area contributed by atoms with Crippen LogP contribution in [0.4, 0.5) is 0 Å². The van der Waals surface area contributed by atoms with Crippen molar-refractivity contribution in [2.24, 2.45) is 4.99 Å². The Morgan fingerprint density at radius 1 is 1.77 bits per heavy atom. The van der Waals surface area contributed by atoms with Crippen LogP contribution in [0.1, 0.15) is 13.3 Å². The molecule has 0 atom stereocenters. The lowest BCUT2D eigenvalue weighted by Gasteiger charge is -2.11. The van der Waals surface area contributed by atoms with Gasteiger partial charge in [0.25, 0.3) is 0 Å². The molecule has 13 heavy (non-hydrogen) atoms. The van der Waals surface area contributed by atoms with Gasteiger partial charge in [-0.15, -0.1) is 0 Å². The van der Waals surface area contributed by atoms with Crippen LogP contribution in [-0.2, 0) is 14.3 Å². The van der Waals surface area contributed by atoms with Crippen LogP contribution in [0.2, 0.25) is 0 Å². The van der Waals surface area contributed by atoms with E-state index in [-0.39, 0.29) is 29.8 Å². The van der Waals surface area contributed by atoms with Crippen LogP contribution in [0.3, 0.4) is 0 Å². The fourth-order valence-corrected chi connectivity index (χ4v) is 1.06. The molecule has 5 nitrogen and oxygen atoms in total. The standard InChI is InChI=1S/C7H8N2O3S/c1-2-12-6(11)4-3-5(10)9-7(13)8-4/h2-3H2,1H3,(H,9,10,13). The summed E-state index contributed by atoms with van der Waals surface area (Å²) in [5.74, 6) is -0.914. The molecule has 70 valence electrons. The minimum atomic E-state index is -0.584. The van der Waals surface area contributed by atoms with Gasteiger partial charge in [0, 0.05) is 0 Å². The molecule has 0 saturated heterocycles. The number of thiocarbonyl (C=S) groups is 1. The Labute approximate surface area is 80.2 Å². The zero-order valence-electron chi connectivity index (χ0n) is 6.99. The lowest BCUT2D eigenvalue weighted by Crippen LogP contribution is -2.38. The van der Waals surface area contributed by atoms with Crippen molar-refractivity contribution >= 4 is 34.9 Å². The molecule has 1 aliphatic rings. The summed E-state index contributed by atoms with van der Waals surface area (Å²) in [6.07, 6.45) is -0.0705. The van der Waals surface area contributed by atoms with Gasteiger partial charge in [-0.2, -0.15) is 0 Å². The summed E-state index contributed by atoms with van der Waals surface area (Å²) in [7, 11) is 0. The van der Waals surface area contributed by atoms with E-state index in [0.29, 0.717) is 0 Å². The molecule has 0 aromatic carbocycles. The highest BCUT2D eigenvalue weighted by Gasteiger charge is 2.22. The Hall–Kier alpha value is -1.30. The maximum Gasteiger partial charge on any atom is 0.353 e. The van der Waals surface area contributed by atoms with Gasteiger partial charge in [0.2, 0.25) is 5.91 Å². The highest BCUT2D eigenvalue weighted by atomic mass is 32.1. The molecule has 1 rings (SSSR count). The third-order valence-corrected chi connectivity index (χ3v) is 1.52. The average molecular weight is 200 g/mol. The predicted molar refractivity (Wildman–Crippen MR) is 49.4 cm³/mol. The van der Waals surface area contributed by atoms with Crippen molar-refractivity contribution in [1.82, 2.24) is 5.32 Å². The van der Waals surface area contributed by atoms with Crippen molar-refractivity contribution < 1.29 is 14.3 Å². The Bertz CT molecular complexity index is 298. The molecule has 0 fully saturated rings. The first-order valence-corrected chi connectivity index (χ1v) is 4.12. The van der Waals surface area contributed by atoms with E-state index in [1.54, 1.807) is 6.92 Å². The maximum absolute atomic E-state index is 11.1. The molecule has 0 unspecified atom stereocenters. The van der Waals surface area contributed by atoms with E-state index in [1.165, 1.54) is 0 Å². The van der Waals surface area contributed by atoms with Gasteiger partial charge in [-0.1, -0.05) is 0 Å². The van der Waals surface area contributed by atoms with Gasteiger partial charge >= 0.3 is 5.97 Å². The van der Waals surface area contributed by atoms with E-state index < -0.39 is 5.97 Å². The number of aliphatic imine (C=N–C) groups is 1. The van der Waals surface area contributed by atoms with Crippen LogP contribution in [0.25, 0.3) is 0 Å². The van der Waals surface area contributed by atoms with E-state index in [4.69, 9.17) is 0 Å². The molecule has 0 aromatic rings. The zero-order valence-corrected chi connectivity index (χ0v) is 7.81. The second-order valence-corrected chi connectivity index (χ2v) is 2.70. The van der Waals surface area contributed by atoms with Crippen LogP contribution in [0, 0.1) is 0 Å². The summed E-state index contributed by atoms with van der Waals surface area (Å²) in [6, 6.07) is 0. The second kappa shape index (κ2) is 4.08. The van der Waals surface area contributed by atoms with Crippen molar-refractivity contribution in [1.29, 1.82) is 0 Å². The van der Waals surface area contributed by atoms with Crippen molar-refractivity contribution in [2.45, 2.75) is 13.3 Å². The van der Waals surface area contributed by atoms with E-state index in [0.717, 1.165) is 0 Å². The van der Waals surface area contributed by atoms with E-state index in [2.05, 4.69) is 27.3 Å². The van der Waals surface area contributed by atoms with Crippen molar-refractivity contribution in [3.8, 4) is 0 Å². The molecular weight excluding hydrogens is 192 g/mol. The minimum absolute atomic E-state index is 0.0132. The summed E-state index contributed by atoms with van der Waals surface area (Å²) >= 11 is 4.64. The quantitative estimate of drug-likeness (QED) is 0.495. The number of amides is 1. The first kappa shape index (κ1) is 9.79. The van der Waals surface area contributed by atoms with Gasteiger partial charge in [0.15, 0.2) is 5.11 Å². The van der Waals surface area contributed by atoms with Gasteiger partial charge in [0.1, 0.15) is 5.71 Å². The SMILES string of the molecule is CCOC(=O)C1=NC(=S)NC(=O)C1. The first-order chi connectivity index (χ1) is 6.13. The predicted octanol–water partition coefficient (Wildman–Crippen LogP) is -0.205. The average Bonchev–Trinajstić information content (AvgIpc) is 2.03. The summed E-state index contributed by atoms with van der Waals surface area (Å²) in [5.41, 5.74) is 0.0654. The van der Waals surface area contributed by atoms with Gasteiger partial charge in [-0.3, -0.25) is 4.79 Å². The normalized spacial score (nSPS) is 16.2. The van der Waals surface area contributed by atoms with Crippen molar-refractivity contribution in [3.63, 3.8) is 0 Å². The maximum atomic E-state index is 11.1. The highest BCUT2D eigenvalue weighted by molar-refractivity contribution is 7.80. The lowest BCUT2D eigenvalue weighted by molar-refractivity contribution is -0.135. The highest BCUT2D eigenvalue weighted by Crippen LogP contribution is 1.98. The molecule has 0 bridgehead atoms. The molecular formula is C7H8N2O3S. The fraction of sp³-hybridized carbons (Fsp3) is 0.429. The minimum Gasteiger partial charge on any atom is -0.461 e. The number of hydrogen-bond acceptors (Lipinski definition) is 4. The molecule has 0 radical (unpaired) electrons. The molecule has 6 heteroatoms. The van der Waals surface area contributed by atoms with Crippen LogP contribution in [0.15, 0.2) is 4.99 Å². The molecule has 0 spiro atoms. The summed E-state index contributed by atoms with van der Waals surface area (Å²) in [5, 5.41) is 2.32. The first-order valence-electron chi connectivity index (χ1n) is 3.72. The van der Waals surface area contributed by atoms with Crippen molar-refractivity contribution in [3.05, 3.63) is 0 Å². The number of rotatable bonds is 2. The topological polar surface area (TPSA) is 67.8 Å². The Balaban J connectivity index is 2.74. The Kier molecular flexibility index (Phi) is 3.07. The Morgan fingerprint density at radius 2 is 2.46 bits per heavy atom. The largest absolute Gasteiger partial charge is 0.461 e. The lowest BCUT2D eigenvalue weighted by atomic mass is 10.2. The fourth-order valence-electron chi connectivity index (χ4n) is 0.838. The summed E-state index contributed by atoms with van der Waals surface area (Å²) < 4.78 is 4.67. The zero-order chi connectivity index (χ0) is 9.84. The van der Waals surface area contributed by atoms with Crippen LogP contribution in [0.5, 0.6) is 0 Å². The molecule has 1 heterocycles. The number of carbonyl (C=O) groups is 2. The van der Waals surface area contributed by atoms with Crippen LogP contribution < -0.4 is 5.32 Å². The Morgan fingerprint density at radius 3 is 3.00 bits per heavy atom. The summed E-state index contributed by atoms with van der Waals surface area (Å²) in [6.45, 7) is 1.94. The third kappa shape index (κ3) is 2.59. The van der Waals surface area contributed by atoms with E-state index in [9.17, 15) is 9.59 Å². The molecule has 0 aromatic heterocycles. The molecule has 0 saturated carbocycles. The molecule has 0 aliphatic carbocycles. The van der Waals surface area contributed by atoms with E-state index in [1.807, 2.05) is 0 Å². The van der Waals surface area contributed by atoms with Crippen molar-refractivity contribution in [2.75, 3.05) is 6.61 Å². The molecule has 1 amide bonds. The van der Waals surface area contributed by atoms with E-state index >= 15 is 0 Å². The number of hydrogen-bond donors (Lipinski definition) is 1.